The standard InChI is InChI=1S/C22H12ClFN4O2/c23-14-4-3-5-16(12-14)28-22(29)18-7-2-1-6-17(18)19(26-28)21-25-20(27-30-21)13-8-10-15(24)11-9-13/h1-12H. The molecule has 0 spiro atoms. The van der Waals surface area contributed by atoms with Crippen molar-refractivity contribution >= 4 is 22.4 Å². The van der Waals surface area contributed by atoms with E-state index in [0.29, 0.717) is 32.7 Å². The van der Waals surface area contributed by atoms with Crippen LogP contribution < -0.4 is 5.56 Å². The Hall–Kier alpha value is -3.84. The third kappa shape index (κ3) is 3.15. The maximum Gasteiger partial charge on any atom is 0.279 e. The van der Waals surface area contributed by atoms with Gasteiger partial charge < -0.3 is 4.52 Å². The van der Waals surface area contributed by atoms with Crippen LogP contribution in [-0.4, -0.2) is 19.9 Å². The van der Waals surface area contributed by atoms with Gasteiger partial charge in [0.05, 0.1) is 11.1 Å². The lowest BCUT2D eigenvalue weighted by molar-refractivity contribution is 0.430. The largest absolute Gasteiger partial charge is 0.332 e. The van der Waals surface area contributed by atoms with Gasteiger partial charge in [0.1, 0.15) is 5.82 Å². The predicted molar refractivity (Wildman–Crippen MR) is 111 cm³/mol. The van der Waals surface area contributed by atoms with Gasteiger partial charge in [0, 0.05) is 16.0 Å². The van der Waals surface area contributed by atoms with E-state index in [2.05, 4.69) is 15.2 Å². The van der Waals surface area contributed by atoms with Crippen molar-refractivity contribution < 1.29 is 8.91 Å². The van der Waals surface area contributed by atoms with E-state index in [4.69, 9.17) is 16.1 Å². The number of hydrogen-bond acceptors (Lipinski definition) is 5. The highest BCUT2D eigenvalue weighted by Crippen LogP contribution is 2.26. The first-order valence-corrected chi connectivity index (χ1v) is 9.36. The van der Waals surface area contributed by atoms with Crippen LogP contribution in [0.3, 0.4) is 0 Å². The van der Waals surface area contributed by atoms with Crippen molar-refractivity contribution in [3.8, 4) is 28.7 Å². The summed E-state index contributed by atoms with van der Waals surface area (Å²) in [6.45, 7) is 0. The number of benzene rings is 3. The summed E-state index contributed by atoms with van der Waals surface area (Å²) < 4.78 is 19.9. The van der Waals surface area contributed by atoms with Gasteiger partial charge in [-0.1, -0.05) is 41.0 Å². The van der Waals surface area contributed by atoms with Crippen molar-refractivity contribution in [2.45, 2.75) is 0 Å². The molecule has 0 aliphatic heterocycles. The number of hydrogen-bond donors (Lipinski definition) is 0. The molecule has 0 aliphatic rings. The minimum absolute atomic E-state index is 0.140. The van der Waals surface area contributed by atoms with Gasteiger partial charge in [0.15, 0.2) is 5.69 Å². The highest BCUT2D eigenvalue weighted by atomic mass is 35.5. The summed E-state index contributed by atoms with van der Waals surface area (Å²) in [7, 11) is 0. The van der Waals surface area contributed by atoms with E-state index in [1.54, 1.807) is 60.7 Å². The Bertz CT molecular complexity index is 1440. The van der Waals surface area contributed by atoms with E-state index in [-0.39, 0.29) is 23.1 Å². The van der Waals surface area contributed by atoms with E-state index in [1.165, 1.54) is 16.8 Å². The maximum absolute atomic E-state index is 13.2. The van der Waals surface area contributed by atoms with Crippen molar-refractivity contribution in [1.29, 1.82) is 0 Å². The molecule has 0 saturated carbocycles. The Morgan fingerprint density at radius 1 is 0.933 bits per heavy atom. The fourth-order valence-corrected chi connectivity index (χ4v) is 3.35. The van der Waals surface area contributed by atoms with E-state index in [9.17, 15) is 9.18 Å². The molecule has 0 radical (unpaired) electrons. The van der Waals surface area contributed by atoms with Crippen molar-refractivity contribution in [1.82, 2.24) is 19.9 Å². The monoisotopic (exact) mass is 418 g/mol. The Morgan fingerprint density at radius 3 is 2.47 bits per heavy atom. The van der Waals surface area contributed by atoms with Crippen LogP contribution in [0.4, 0.5) is 4.39 Å². The highest BCUT2D eigenvalue weighted by molar-refractivity contribution is 6.30. The Balaban J connectivity index is 1.72. The van der Waals surface area contributed by atoms with E-state index in [0.717, 1.165) is 0 Å². The molecule has 0 bridgehead atoms. The topological polar surface area (TPSA) is 73.8 Å². The van der Waals surface area contributed by atoms with Crippen LogP contribution >= 0.6 is 11.6 Å². The van der Waals surface area contributed by atoms with Gasteiger partial charge in [0.2, 0.25) is 5.82 Å². The maximum atomic E-state index is 13.2. The van der Waals surface area contributed by atoms with Gasteiger partial charge in [-0.2, -0.15) is 14.8 Å². The summed E-state index contributed by atoms with van der Waals surface area (Å²) in [6, 6.07) is 19.6. The van der Waals surface area contributed by atoms with Crippen LogP contribution in [-0.2, 0) is 0 Å². The summed E-state index contributed by atoms with van der Waals surface area (Å²) in [5, 5.41) is 9.98. The van der Waals surface area contributed by atoms with Gasteiger partial charge in [0.25, 0.3) is 11.4 Å². The summed E-state index contributed by atoms with van der Waals surface area (Å²) in [4.78, 5) is 17.4. The molecule has 6 nitrogen and oxygen atoms in total. The summed E-state index contributed by atoms with van der Waals surface area (Å²) in [6.07, 6.45) is 0. The average molecular weight is 419 g/mol. The van der Waals surface area contributed by atoms with Gasteiger partial charge in [-0.15, -0.1) is 0 Å². The van der Waals surface area contributed by atoms with Crippen LogP contribution in [0.15, 0.2) is 82.1 Å². The molecule has 0 aliphatic carbocycles. The number of fused-ring (bicyclic) bond motifs is 1. The number of halogens is 2. The molecular weight excluding hydrogens is 407 g/mol. The lowest BCUT2D eigenvalue weighted by atomic mass is 10.1. The van der Waals surface area contributed by atoms with Crippen LogP contribution in [0.1, 0.15) is 0 Å². The van der Waals surface area contributed by atoms with Gasteiger partial charge in [-0.05, 0) is 48.5 Å². The molecule has 0 amide bonds. The first-order valence-electron chi connectivity index (χ1n) is 8.98. The SMILES string of the molecule is O=c1c2ccccc2c(-c2nc(-c3ccc(F)cc3)no2)nn1-c1cccc(Cl)c1. The molecule has 146 valence electrons. The van der Waals surface area contributed by atoms with Crippen molar-refractivity contribution in [2.24, 2.45) is 0 Å². The predicted octanol–water partition coefficient (Wildman–Crippen LogP) is 4.90. The molecule has 5 rings (SSSR count). The van der Waals surface area contributed by atoms with Crippen LogP contribution in [0, 0.1) is 5.82 Å². The fraction of sp³-hybridized carbons (Fsp3) is 0. The Morgan fingerprint density at radius 2 is 1.70 bits per heavy atom. The first kappa shape index (κ1) is 18.2. The molecule has 5 aromatic rings. The quantitative estimate of drug-likeness (QED) is 0.417. The molecule has 0 atom stereocenters. The van der Waals surface area contributed by atoms with Gasteiger partial charge >= 0.3 is 0 Å². The minimum atomic E-state index is -0.358. The van der Waals surface area contributed by atoms with E-state index < -0.39 is 0 Å². The molecule has 0 saturated heterocycles. The Kier molecular flexibility index (Phi) is 4.37. The minimum Gasteiger partial charge on any atom is -0.332 e. The zero-order chi connectivity index (χ0) is 20.7. The van der Waals surface area contributed by atoms with Crippen molar-refractivity contribution in [3.05, 3.63) is 94.0 Å². The van der Waals surface area contributed by atoms with Crippen molar-refractivity contribution in [2.75, 3.05) is 0 Å². The zero-order valence-corrected chi connectivity index (χ0v) is 16.0. The van der Waals surface area contributed by atoms with Gasteiger partial charge in [-0.25, -0.2) is 4.39 Å². The molecule has 30 heavy (non-hydrogen) atoms. The zero-order valence-electron chi connectivity index (χ0n) is 15.3. The third-order valence-corrected chi connectivity index (χ3v) is 4.82. The summed E-state index contributed by atoms with van der Waals surface area (Å²) in [5.74, 6) is 0.0708. The fourth-order valence-electron chi connectivity index (χ4n) is 3.17. The van der Waals surface area contributed by atoms with Crippen molar-refractivity contribution in [3.63, 3.8) is 0 Å². The smallest absolute Gasteiger partial charge is 0.279 e. The normalized spacial score (nSPS) is 11.1. The average Bonchev–Trinajstić information content (AvgIpc) is 3.25. The summed E-state index contributed by atoms with van der Waals surface area (Å²) in [5.41, 5.74) is 1.16. The number of rotatable bonds is 3. The lowest BCUT2D eigenvalue weighted by Crippen LogP contribution is -2.22. The Labute approximate surface area is 174 Å². The second kappa shape index (κ2) is 7.20. The highest BCUT2D eigenvalue weighted by Gasteiger charge is 2.19. The number of aromatic nitrogens is 4. The third-order valence-electron chi connectivity index (χ3n) is 4.59. The van der Waals surface area contributed by atoms with Crippen LogP contribution in [0.25, 0.3) is 39.4 Å². The summed E-state index contributed by atoms with van der Waals surface area (Å²) >= 11 is 6.09. The lowest BCUT2D eigenvalue weighted by Gasteiger charge is -2.09. The number of nitrogens with zero attached hydrogens (tertiary/aromatic N) is 4. The molecule has 0 N–H and O–H groups in total. The second-order valence-corrected chi connectivity index (χ2v) is 6.96. The molecule has 2 aromatic heterocycles. The molecule has 3 aromatic carbocycles. The van der Waals surface area contributed by atoms with E-state index in [1.807, 2.05) is 0 Å². The second-order valence-electron chi connectivity index (χ2n) is 6.52. The molecule has 0 fully saturated rings. The van der Waals surface area contributed by atoms with Crippen LogP contribution in [0.5, 0.6) is 0 Å². The van der Waals surface area contributed by atoms with Gasteiger partial charge in [-0.3, -0.25) is 4.79 Å². The van der Waals surface area contributed by atoms with Crippen LogP contribution in [0.2, 0.25) is 5.02 Å². The van der Waals surface area contributed by atoms with E-state index >= 15 is 0 Å². The molecule has 8 heteroatoms. The molecule has 0 unspecified atom stereocenters. The molecule has 2 heterocycles. The molecular formula is C22H12ClFN4O2. The first-order chi connectivity index (χ1) is 14.6.